The van der Waals surface area contributed by atoms with Crippen molar-refractivity contribution >= 4 is 55.0 Å². The number of carbonyl (C=O) groups excluding carboxylic acids is 1. The minimum absolute atomic E-state index is 0.0210. The van der Waals surface area contributed by atoms with Crippen molar-refractivity contribution in [3.05, 3.63) is 112 Å². The summed E-state index contributed by atoms with van der Waals surface area (Å²) in [6.45, 7) is 8.87. The van der Waals surface area contributed by atoms with Gasteiger partial charge in [-0.1, -0.05) is 140 Å². The Morgan fingerprint density at radius 2 is 0.889 bits per heavy atom. The first kappa shape index (κ1) is 39.0. The average molecular weight is 723 g/mol. The molecule has 4 nitrogen and oxygen atoms in total. The van der Waals surface area contributed by atoms with Crippen LogP contribution in [0, 0.1) is 0 Å². The van der Waals surface area contributed by atoms with Crippen molar-refractivity contribution in [1.82, 2.24) is 0 Å². The highest BCUT2D eigenvalue weighted by Crippen LogP contribution is 2.42. The zero-order chi connectivity index (χ0) is 38.0. The van der Waals surface area contributed by atoms with Gasteiger partial charge in [0, 0.05) is 5.39 Å². The normalized spacial score (nSPS) is 11.6. The van der Waals surface area contributed by atoms with Crippen molar-refractivity contribution in [1.29, 1.82) is 0 Å². The second kappa shape index (κ2) is 18.6. The molecule has 0 amide bonds. The van der Waals surface area contributed by atoms with E-state index >= 15 is 0 Å². The Kier molecular flexibility index (Phi) is 13.4. The summed E-state index contributed by atoms with van der Waals surface area (Å²) in [4.78, 5) is 27.5. The van der Waals surface area contributed by atoms with E-state index in [1.807, 2.05) is 18.2 Å². The topological polar surface area (TPSA) is 63.6 Å². The molecule has 0 saturated carbocycles. The first-order valence-electron chi connectivity index (χ1n) is 20.8. The van der Waals surface area contributed by atoms with Gasteiger partial charge in [-0.15, -0.1) is 0 Å². The Hall–Kier alpha value is -4.70. The summed E-state index contributed by atoms with van der Waals surface area (Å²) in [6, 6.07) is 26.9. The van der Waals surface area contributed by atoms with Crippen LogP contribution in [0.15, 0.2) is 78.9 Å². The molecule has 0 unspecified atom stereocenters. The van der Waals surface area contributed by atoms with Gasteiger partial charge in [-0.2, -0.15) is 0 Å². The first-order valence-corrected chi connectivity index (χ1v) is 20.8. The summed E-state index contributed by atoms with van der Waals surface area (Å²) in [5.74, 6) is -1.45. The highest BCUT2D eigenvalue weighted by Gasteiger charge is 2.25. The number of rotatable bonds is 19. The summed E-state index contributed by atoms with van der Waals surface area (Å²) in [5, 5.41) is 19.5. The van der Waals surface area contributed by atoms with Crippen LogP contribution in [0.4, 0.5) is 0 Å². The number of carboxylic acid groups (broad SMARTS) is 1. The van der Waals surface area contributed by atoms with Crippen LogP contribution < -0.4 is 4.74 Å². The second-order valence-electron chi connectivity index (χ2n) is 15.2. The molecular weight excluding hydrogens is 665 g/mol. The molecule has 0 bridgehead atoms. The van der Waals surface area contributed by atoms with Crippen LogP contribution >= 0.6 is 0 Å². The van der Waals surface area contributed by atoms with E-state index in [9.17, 15) is 14.7 Å². The fourth-order valence-corrected chi connectivity index (χ4v) is 8.61. The molecule has 6 aromatic carbocycles. The first-order chi connectivity index (χ1) is 26.4. The van der Waals surface area contributed by atoms with Crippen LogP contribution in [-0.2, 0) is 25.7 Å². The number of fused-ring (bicyclic) bond motifs is 4. The largest absolute Gasteiger partial charge is 0.478 e. The van der Waals surface area contributed by atoms with Gasteiger partial charge in [0.2, 0.25) is 0 Å². The summed E-state index contributed by atoms with van der Waals surface area (Å²) in [7, 11) is 0. The van der Waals surface area contributed by atoms with E-state index in [4.69, 9.17) is 4.74 Å². The molecule has 0 atom stereocenters. The molecule has 1 N–H and O–H groups in total. The molecule has 0 aliphatic carbocycles. The highest BCUT2D eigenvalue weighted by atomic mass is 16.5. The van der Waals surface area contributed by atoms with Crippen molar-refractivity contribution in [2.24, 2.45) is 0 Å². The van der Waals surface area contributed by atoms with Crippen LogP contribution in [0.5, 0.6) is 5.75 Å². The molecule has 0 spiro atoms. The molecule has 282 valence electrons. The number of ether oxygens (including phenoxy) is 1. The lowest BCUT2D eigenvalue weighted by molar-refractivity contribution is 0.0682. The SMILES string of the molecule is CCCCCc1c2ccccc2c(CCCCC)c2cc(C(=O)Oc3c(C(=O)O)ccc4c(CCCCC)c5ccccc5c(CCCCC)c34)ccc12. The zero-order valence-corrected chi connectivity index (χ0v) is 33.0. The van der Waals surface area contributed by atoms with Crippen LogP contribution in [-0.4, -0.2) is 17.0 Å². The minimum Gasteiger partial charge on any atom is -0.478 e. The van der Waals surface area contributed by atoms with Gasteiger partial charge < -0.3 is 9.84 Å². The van der Waals surface area contributed by atoms with Gasteiger partial charge in [0.25, 0.3) is 0 Å². The Morgan fingerprint density at radius 3 is 1.37 bits per heavy atom. The molecule has 0 aromatic heterocycles. The molecule has 4 heteroatoms. The Bertz CT molecular complexity index is 2260. The molecular formula is C50H58O4. The fraction of sp³-hybridized carbons (Fsp3) is 0.400. The van der Waals surface area contributed by atoms with Crippen molar-refractivity contribution < 1.29 is 19.4 Å². The summed E-state index contributed by atoms with van der Waals surface area (Å²) < 4.78 is 6.45. The second-order valence-corrected chi connectivity index (χ2v) is 15.2. The zero-order valence-electron chi connectivity index (χ0n) is 33.0. The number of aryl methyl sites for hydroxylation is 4. The van der Waals surface area contributed by atoms with Crippen LogP contribution in [0.1, 0.15) is 148 Å². The summed E-state index contributed by atoms with van der Waals surface area (Å²) >= 11 is 0. The predicted molar refractivity (Wildman–Crippen MR) is 228 cm³/mol. The number of hydrogen-bond acceptors (Lipinski definition) is 3. The lowest BCUT2D eigenvalue weighted by Gasteiger charge is -2.21. The Labute approximate surface area is 321 Å². The van der Waals surface area contributed by atoms with Gasteiger partial charge >= 0.3 is 11.9 Å². The maximum atomic E-state index is 14.5. The van der Waals surface area contributed by atoms with Gasteiger partial charge in [-0.3, -0.25) is 0 Å². The minimum atomic E-state index is -1.10. The highest BCUT2D eigenvalue weighted by molar-refractivity contribution is 6.13. The third kappa shape index (κ3) is 8.19. The molecule has 6 aromatic rings. The third-order valence-electron chi connectivity index (χ3n) is 11.4. The lowest BCUT2D eigenvalue weighted by atomic mass is 9.86. The molecule has 0 radical (unpaired) electrons. The van der Waals surface area contributed by atoms with E-state index in [-0.39, 0.29) is 11.3 Å². The number of unbranched alkanes of at least 4 members (excludes halogenated alkanes) is 8. The summed E-state index contributed by atoms with van der Waals surface area (Å²) in [5.41, 5.74) is 5.35. The van der Waals surface area contributed by atoms with E-state index in [0.29, 0.717) is 5.56 Å². The van der Waals surface area contributed by atoms with Crippen LogP contribution in [0.3, 0.4) is 0 Å². The van der Waals surface area contributed by atoms with Crippen LogP contribution in [0.25, 0.3) is 43.1 Å². The van der Waals surface area contributed by atoms with Crippen molar-refractivity contribution in [2.45, 2.75) is 130 Å². The molecule has 0 saturated heterocycles. The maximum Gasteiger partial charge on any atom is 0.343 e. The van der Waals surface area contributed by atoms with Gasteiger partial charge in [-0.25, -0.2) is 9.59 Å². The fourth-order valence-electron chi connectivity index (χ4n) is 8.61. The van der Waals surface area contributed by atoms with Crippen molar-refractivity contribution in [3.8, 4) is 5.75 Å². The third-order valence-corrected chi connectivity index (χ3v) is 11.4. The average Bonchev–Trinajstić information content (AvgIpc) is 3.19. The molecule has 0 aliphatic rings. The molecule has 54 heavy (non-hydrogen) atoms. The number of esters is 1. The van der Waals surface area contributed by atoms with E-state index in [1.54, 1.807) is 6.07 Å². The van der Waals surface area contributed by atoms with E-state index in [2.05, 4.69) is 82.3 Å². The smallest absolute Gasteiger partial charge is 0.343 e. The number of benzene rings is 6. The van der Waals surface area contributed by atoms with Crippen molar-refractivity contribution in [2.75, 3.05) is 0 Å². The van der Waals surface area contributed by atoms with Crippen LogP contribution in [0.2, 0.25) is 0 Å². The quantitative estimate of drug-likeness (QED) is 0.0391. The van der Waals surface area contributed by atoms with Gasteiger partial charge in [-0.05, 0) is 130 Å². The molecule has 0 aliphatic heterocycles. The number of carboxylic acids is 1. The van der Waals surface area contributed by atoms with Gasteiger partial charge in [0.15, 0.2) is 5.75 Å². The van der Waals surface area contributed by atoms with Gasteiger partial charge in [0.05, 0.1) is 5.56 Å². The maximum absolute atomic E-state index is 14.5. The van der Waals surface area contributed by atoms with E-state index in [1.165, 1.54) is 44.7 Å². The monoisotopic (exact) mass is 722 g/mol. The van der Waals surface area contributed by atoms with E-state index < -0.39 is 11.9 Å². The number of aromatic carboxylic acids is 1. The summed E-state index contributed by atoms with van der Waals surface area (Å²) in [6.07, 6.45) is 16.7. The number of hydrogen-bond donors (Lipinski definition) is 1. The van der Waals surface area contributed by atoms with E-state index in [0.717, 1.165) is 123 Å². The molecule has 0 heterocycles. The number of carbonyl (C=O) groups is 2. The van der Waals surface area contributed by atoms with Crippen molar-refractivity contribution in [3.63, 3.8) is 0 Å². The predicted octanol–water partition coefficient (Wildman–Crippen LogP) is 14.1. The van der Waals surface area contributed by atoms with Gasteiger partial charge in [0.1, 0.15) is 5.56 Å². The molecule has 0 fully saturated rings. The Morgan fingerprint density at radius 1 is 0.481 bits per heavy atom. The Balaban J connectivity index is 1.55. The lowest BCUT2D eigenvalue weighted by Crippen LogP contribution is -2.13. The molecule has 6 rings (SSSR count). The standard InChI is InChI=1S/C50H58O4/c1-5-9-13-21-37-35-24-17-18-25-36(35)41(23-15-11-7-3)46-33-34(29-30-42(37)46)50(53)54-48-45(49(51)52)32-31-44-40(22-14-10-6-2)38-26-19-20-27-39(38)43(47(44)48)28-16-12-8-4/h17-20,24-27,29-33H,5-16,21-23,28H2,1-4H3,(H,51,52).